The van der Waals surface area contributed by atoms with E-state index in [2.05, 4.69) is 14.8 Å². The van der Waals surface area contributed by atoms with E-state index in [-0.39, 0.29) is 11.9 Å². The summed E-state index contributed by atoms with van der Waals surface area (Å²) in [5.41, 5.74) is 0. The molecule has 1 amide bonds. The van der Waals surface area contributed by atoms with E-state index in [9.17, 15) is 13.2 Å². The highest BCUT2D eigenvalue weighted by Crippen LogP contribution is 2.03. The summed E-state index contributed by atoms with van der Waals surface area (Å²) in [4.78, 5) is 10.8. The number of hydrogen-bond donors (Lipinski definition) is 3. The van der Waals surface area contributed by atoms with Gasteiger partial charge in [0.15, 0.2) is 0 Å². The van der Waals surface area contributed by atoms with E-state index in [1.807, 2.05) is 6.92 Å². The molecule has 0 aromatic heterocycles. The van der Waals surface area contributed by atoms with Gasteiger partial charge < -0.3 is 5.32 Å². The van der Waals surface area contributed by atoms with Crippen LogP contribution in [0.3, 0.4) is 0 Å². The number of rotatable bonds is 5. The minimum atomic E-state index is -3.41. The van der Waals surface area contributed by atoms with Crippen molar-refractivity contribution in [3.63, 3.8) is 0 Å². The van der Waals surface area contributed by atoms with Gasteiger partial charge in [0.05, 0.1) is 0 Å². The highest BCUT2D eigenvalue weighted by Gasteiger charge is 2.22. The number of amides is 1. The molecule has 1 rings (SSSR count). The second-order valence-corrected chi connectivity index (χ2v) is 5.09. The molecule has 6 nitrogen and oxygen atoms in total. The lowest BCUT2D eigenvalue weighted by atomic mass is 10.1. The Kier molecular flexibility index (Phi) is 4.49. The van der Waals surface area contributed by atoms with Gasteiger partial charge in [0, 0.05) is 25.6 Å². The molecule has 1 heterocycles. The summed E-state index contributed by atoms with van der Waals surface area (Å²) in [5, 5.41) is 2.62. The monoisotopic (exact) mass is 235 g/mol. The van der Waals surface area contributed by atoms with Crippen LogP contribution in [-0.4, -0.2) is 33.5 Å². The zero-order chi connectivity index (χ0) is 11.3. The number of piperidine rings is 1. The van der Waals surface area contributed by atoms with Gasteiger partial charge in [0.1, 0.15) is 0 Å². The van der Waals surface area contributed by atoms with Crippen LogP contribution >= 0.6 is 0 Å². The van der Waals surface area contributed by atoms with E-state index in [0.29, 0.717) is 25.9 Å². The fourth-order valence-corrected chi connectivity index (χ4v) is 2.53. The van der Waals surface area contributed by atoms with Crippen LogP contribution in [0.4, 0.5) is 0 Å². The SMILES string of the molecule is CCCNS(=O)(=O)NC1CCC(=O)NC1. The first-order chi connectivity index (χ1) is 7.03. The van der Waals surface area contributed by atoms with Gasteiger partial charge in [-0.2, -0.15) is 13.1 Å². The molecule has 1 saturated heterocycles. The second kappa shape index (κ2) is 5.43. The molecular formula is C8H17N3O3S. The summed E-state index contributed by atoms with van der Waals surface area (Å²) in [6, 6.07) is -0.197. The van der Waals surface area contributed by atoms with Gasteiger partial charge in [0.25, 0.3) is 10.2 Å². The van der Waals surface area contributed by atoms with Crippen LogP contribution in [0.15, 0.2) is 0 Å². The molecule has 0 aromatic rings. The van der Waals surface area contributed by atoms with Crippen LogP contribution in [0.2, 0.25) is 0 Å². The van der Waals surface area contributed by atoms with Gasteiger partial charge >= 0.3 is 0 Å². The molecule has 1 aliphatic heterocycles. The Labute approximate surface area is 90.0 Å². The highest BCUT2D eigenvalue weighted by molar-refractivity contribution is 7.87. The van der Waals surface area contributed by atoms with E-state index in [4.69, 9.17) is 0 Å². The van der Waals surface area contributed by atoms with Gasteiger partial charge in [-0.3, -0.25) is 4.79 Å². The average molecular weight is 235 g/mol. The fourth-order valence-electron chi connectivity index (χ4n) is 1.33. The van der Waals surface area contributed by atoms with Gasteiger partial charge in [-0.15, -0.1) is 0 Å². The molecule has 3 N–H and O–H groups in total. The first-order valence-corrected chi connectivity index (χ1v) is 6.55. The third kappa shape index (κ3) is 4.59. The molecule has 1 fully saturated rings. The van der Waals surface area contributed by atoms with Crippen LogP contribution in [0, 0.1) is 0 Å². The van der Waals surface area contributed by atoms with Gasteiger partial charge in [0.2, 0.25) is 5.91 Å². The maximum Gasteiger partial charge on any atom is 0.277 e. The Morgan fingerprint density at radius 3 is 2.80 bits per heavy atom. The van der Waals surface area contributed by atoms with Crippen molar-refractivity contribution in [2.45, 2.75) is 32.2 Å². The first kappa shape index (κ1) is 12.4. The maximum absolute atomic E-state index is 11.4. The average Bonchev–Trinajstić information content (AvgIpc) is 2.18. The zero-order valence-corrected chi connectivity index (χ0v) is 9.56. The van der Waals surface area contributed by atoms with Crippen molar-refractivity contribution in [3.8, 4) is 0 Å². The Balaban J connectivity index is 2.37. The normalized spacial score (nSPS) is 22.5. The highest BCUT2D eigenvalue weighted by atomic mass is 32.2. The van der Waals surface area contributed by atoms with Crippen LogP contribution in [0.1, 0.15) is 26.2 Å². The van der Waals surface area contributed by atoms with E-state index in [0.717, 1.165) is 6.42 Å². The summed E-state index contributed by atoms with van der Waals surface area (Å²) in [5.74, 6) is -0.0213. The zero-order valence-electron chi connectivity index (χ0n) is 8.75. The molecule has 0 saturated carbocycles. The van der Waals surface area contributed by atoms with Gasteiger partial charge in [-0.05, 0) is 12.8 Å². The lowest BCUT2D eigenvalue weighted by Gasteiger charge is -2.23. The Morgan fingerprint density at radius 1 is 1.53 bits per heavy atom. The van der Waals surface area contributed by atoms with Crippen molar-refractivity contribution in [3.05, 3.63) is 0 Å². The first-order valence-electron chi connectivity index (χ1n) is 5.07. The molecule has 0 spiro atoms. The largest absolute Gasteiger partial charge is 0.355 e. The van der Waals surface area contributed by atoms with E-state index in [1.165, 1.54) is 0 Å². The lowest BCUT2D eigenvalue weighted by molar-refractivity contribution is -0.122. The molecule has 1 aliphatic rings. The Morgan fingerprint density at radius 2 is 2.27 bits per heavy atom. The third-order valence-electron chi connectivity index (χ3n) is 2.13. The molecule has 0 aliphatic carbocycles. The van der Waals surface area contributed by atoms with Gasteiger partial charge in [-0.25, -0.2) is 4.72 Å². The predicted molar refractivity (Wildman–Crippen MR) is 56.4 cm³/mol. The molecular weight excluding hydrogens is 218 g/mol. The molecule has 88 valence electrons. The number of nitrogens with one attached hydrogen (secondary N) is 3. The quantitative estimate of drug-likeness (QED) is 0.577. The summed E-state index contributed by atoms with van der Waals surface area (Å²) in [7, 11) is -3.41. The molecule has 15 heavy (non-hydrogen) atoms. The summed E-state index contributed by atoms with van der Waals surface area (Å²) >= 11 is 0. The summed E-state index contributed by atoms with van der Waals surface area (Å²) in [6.45, 7) is 2.68. The predicted octanol–water partition coefficient (Wildman–Crippen LogP) is -0.901. The topological polar surface area (TPSA) is 87.3 Å². The fraction of sp³-hybridized carbons (Fsp3) is 0.875. The number of carbonyl (C=O) groups is 1. The van der Waals surface area contributed by atoms with Crippen molar-refractivity contribution >= 4 is 16.1 Å². The van der Waals surface area contributed by atoms with Crippen molar-refractivity contribution in [2.75, 3.05) is 13.1 Å². The molecule has 1 unspecified atom stereocenters. The van der Waals surface area contributed by atoms with Crippen LogP contribution in [0.25, 0.3) is 0 Å². The molecule has 7 heteroatoms. The number of carbonyl (C=O) groups excluding carboxylic acids is 1. The third-order valence-corrected chi connectivity index (χ3v) is 3.36. The van der Waals surface area contributed by atoms with E-state index >= 15 is 0 Å². The molecule has 0 bridgehead atoms. The molecule has 1 atom stereocenters. The van der Waals surface area contributed by atoms with Crippen molar-refractivity contribution in [2.24, 2.45) is 0 Å². The Bertz CT molecular complexity index is 305. The van der Waals surface area contributed by atoms with Crippen molar-refractivity contribution in [1.29, 1.82) is 0 Å². The van der Waals surface area contributed by atoms with Crippen LogP contribution < -0.4 is 14.8 Å². The lowest BCUT2D eigenvalue weighted by Crippen LogP contribution is -2.50. The van der Waals surface area contributed by atoms with E-state index in [1.54, 1.807) is 0 Å². The van der Waals surface area contributed by atoms with Crippen molar-refractivity contribution < 1.29 is 13.2 Å². The van der Waals surface area contributed by atoms with Crippen LogP contribution in [0.5, 0.6) is 0 Å². The Hall–Kier alpha value is -0.660. The van der Waals surface area contributed by atoms with E-state index < -0.39 is 10.2 Å². The number of hydrogen-bond acceptors (Lipinski definition) is 3. The molecule has 0 radical (unpaired) electrons. The standard InChI is InChI=1S/C8H17N3O3S/c1-2-5-10-15(13,14)11-7-3-4-8(12)9-6-7/h7,10-11H,2-6H2,1H3,(H,9,12). The minimum Gasteiger partial charge on any atom is -0.355 e. The maximum atomic E-state index is 11.4. The summed E-state index contributed by atoms with van der Waals surface area (Å²) in [6.07, 6.45) is 1.68. The van der Waals surface area contributed by atoms with Crippen LogP contribution in [-0.2, 0) is 15.0 Å². The smallest absolute Gasteiger partial charge is 0.277 e. The van der Waals surface area contributed by atoms with Gasteiger partial charge in [-0.1, -0.05) is 6.92 Å². The second-order valence-electron chi connectivity index (χ2n) is 3.56. The van der Waals surface area contributed by atoms with Crippen molar-refractivity contribution in [1.82, 2.24) is 14.8 Å². The summed E-state index contributed by atoms with van der Waals surface area (Å²) < 4.78 is 27.7. The minimum absolute atomic E-state index is 0.0213. The molecule has 0 aromatic carbocycles.